The highest BCUT2D eigenvalue weighted by Gasteiger charge is 2.07. The van der Waals surface area contributed by atoms with Gasteiger partial charge in [0.2, 0.25) is 0 Å². The molecule has 2 aromatic rings. The van der Waals surface area contributed by atoms with Crippen molar-refractivity contribution in [2.45, 2.75) is 13.2 Å². The molecule has 0 aliphatic heterocycles. The minimum atomic E-state index is -0.428. The van der Waals surface area contributed by atoms with Crippen LogP contribution in [0.1, 0.15) is 16.7 Å². The molecule has 0 atom stereocenters. The number of rotatable bonds is 5. The molecular formula is C16H14FNO3. The van der Waals surface area contributed by atoms with Crippen molar-refractivity contribution in [3.63, 3.8) is 0 Å². The van der Waals surface area contributed by atoms with Crippen LogP contribution in [0.2, 0.25) is 0 Å². The zero-order chi connectivity index (χ0) is 15.2. The largest absolute Gasteiger partial charge is 0.495 e. The van der Waals surface area contributed by atoms with Crippen molar-refractivity contribution in [2.75, 3.05) is 7.11 Å². The molecule has 0 radical (unpaired) electrons. The van der Waals surface area contributed by atoms with Crippen LogP contribution >= 0.6 is 0 Å². The Morgan fingerprint density at radius 3 is 2.62 bits per heavy atom. The second-order valence-corrected chi connectivity index (χ2v) is 4.35. The summed E-state index contributed by atoms with van der Waals surface area (Å²) in [6.45, 7) is -0.101. The van der Waals surface area contributed by atoms with Gasteiger partial charge in [0.1, 0.15) is 30.0 Å². The maximum atomic E-state index is 13.1. The smallest absolute Gasteiger partial charge is 0.136 e. The molecule has 0 saturated heterocycles. The van der Waals surface area contributed by atoms with Crippen molar-refractivity contribution in [1.82, 2.24) is 0 Å². The molecule has 5 heteroatoms. The van der Waals surface area contributed by atoms with Crippen LogP contribution in [0.5, 0.6) is 11.5 Å². The third-order valence-electron chi connectivity index (χ3n) is 2.97. The number of ether oxygens (including phenoxy) is 2. The lowest BCUT2D eigenvalue weighted by Gasteiger charge is -2.11. The first-order valence-corrected chi connectivity index (χ1v) is 6.27. The summed E-state index contributed by atoms with van der Waals surface area (Å²) in [6.07, 6.45) is 0. The van der Waals surface area contributed by atoms with E-state index in [1.807, 2.05) is 6.07 Å². The molecule has 1 N–H and O–H groups in total. The lowest BCUT2D eigenvalue weighted by molar-refractivity contribution is 0.258. The van der Waals surface area contributed by atoms with Gasteiger partial charge in [0, 0.05) is 5.56 Å². The van der Waals surface area contributed by atoms with Crippen LogP contribution in [0.25, 0.3) is 0 Å². The van der Waals surface area contributed by atoms with E-state index in [1.165, 1.54) is 25.3 Å². The molecule has 2 rings (SSSR count). The fourth-order valence-electron chi connectivity index (χ4n) is 1.91. The molecule has 0 aromatic heterocycles. The Morgan fingerprint density at radius 1 is 1.19 bits per heavy atom. The first-order valence-electron chi connectivity index (χ1n) is 6.27. The third-order valence-corrected chi connectivity index (χ3v) is 2.97. The summed E-state index contributed by atoms with van der Waals surface area (Å²) in [6, 6.07) is 11.1. The number of hydrogen-bond donors (Lipinski definition) is 1. The molecule has 0 aliphatic rings. The number of hydrogen-bond acceptors (Lipinski definition) is 4. The summed E-state index contributed by atoms with van der Waals surface area (Å²) < 4.78 is 23.7. The molecule has 0 fully saturated rings. The molecule has 0 amide bonds. The van der Waals surface area contributed by atoms with Gasteiger partial charge in [-0.2, -0.15) is 5.26 Å². The predicted molar refractivity (Wildman–Crippen MR) is 74.4 cm³/mol. The lowest BCUT2D eigenvalue weighted by atomic mass is 10.1. The SMILES string of the molecule is COc1ccc(COc2ccc(F)cc2CO)cc1C#N. The molecule has 0 unspecified atom stereocenters. The summed E-state index contributed by atoms with van der Waals surface area (Å²) in [5, 5.41) is 18.2. The van der Waals surface area contributed by atoms with Crippen molar-refractivity contribution in [3.05, 3.63) is 58.9 Å². The van der Waals surface area contributed by atoms with E-state index < -0.39 is 5.82 Å². The van der Waals surface area contributed by atoms with Crippen LogP contribution in [-0.4, -0.2) is 12.2 Å². The molecule has 21 heavy (non-hydrogen) atoms. The molecule has 0 heterocycles. The van der Waals surface area contributed by atoms with Crippen LogP contribution in [0.15, 0.2) is 36.4 Å². The number of methoxy groups -OCH3 is 1. The lowest BCUT2D eigenvalue weighted by Crippen LogP contribution is -2.00. The van der Waals surface area contributed by atoms with E-state index >= 15 is 0 Å². The van der Waals surface area contributed by atoms with Gasteiger partial charge >= 0.3 is 0 Å². The van der Waals surface area contributed by atoms with Gasteiger partial charge in [0.25, 0.3) is 0 Å². The molecule has 0 saturated carbocycles. The number of benzene rings is 2. The van der Waals surface area contributed by atoms with Gasteiger partial charge in [0.05, 0.1) is 19.3 Å². The highest BCUT2D eigenvalue weighted by Crippen LogP contribution is 2.23. The molecule has 0 bridgehead atoms. The number of nitrogens with zero attached hydrogens (tertiary/aromatic N) is 1. The van der Waals surface area contributed by atoms with Crippen molar-refractivity contribution < 1.29 is 19.0 Å². The first-order chi connectivity index (χ1) is 10.2. The van der Waals surface area contributed by atoms with Gasteiger partial charge in [-0.1, -0.05) is 6.07 Å². The molecule has 2 aromatic carbocycles. The number of aliphatic hydroxyl groups excluding tert-OH is 1. The van der Waals surface area contributed by atoms with E-state index in [9.17, 15) is 9.50 Å². The van der Waals surface area contributed by atoms with Gasteiger partial charge in [0.15, 0.2) is 0 Å². The third kappa shape index (κ3) is 3.50. The van der Waals surface area contributed by atoms with E-state index in [4.69, 9.17) is 14.7 Å². The molecule has 108 valence electrons. The van der Waals surface area contributed by atoms with Crippen molar-refractivity contribution >= 4 is 0 Å². The van der Waals surface area contributed by atoms with Crippen molar-refractivity contribution in [3.8, 4) is 17.6 Å². The monoisotopic (exact) mass is 287 g/mol. The van der Waals surface area contributed by atoms with Crippen LogP contribution in [0, 0.1) is 17.1 Å². The Kier molecular flexibility index (Phi) is 4.75. The average molecular weight is 287 g/mol. The zero-order valence-electron chi connectivity index (χ0n) is 11.5. The minimum absolute atomic E-state index is 0.206. The number of aliphatic hydroxyl groups is 1. The molecular weight excluding hydrogens is 273 g/mol. The highest BCUT2D eigenvalue weighted by molar-refractivity contribution is 5.45. The van der Waals surface area contributed by atoms with Gasteiger partial charge in [-0.3, -0.25) is 0 Å². The summed E-state index contributed by atoms with van der Waals surface area (Å²) in [7, 11) is 1.50. The Hall–Kier alpha value is -2.58. The first kappa shape index (κ1) is 14.8. The van der Waals surface area contributed by atoms with E-state index in [0.29, 0.717) is 22.6 Å². The van der Waals surface area contributed by atoms with Crippen molar-refractivity contribution in [2.24, 2.45) is 0 Å². The summed E-state index contributed by atoms with van der Waals surface area (Å²) in [5.41, 5.74) is 1.57. The van der Waals surface area contributed by atoms with E-state index in [0.717, 1.165) is 5.56 Å². The highest BCUT2D eigenvalue weighted by atomic mass is 19.1. The summed E-state index contributed by atoms with van der Waals surface area (Å²) in [5.74, 6) is 0.481. The maximum Gasteiger partial charge on any atom is 0.136 e. The van der Waals surface area contributed by atoms with Crippen LogP contribution in [0.4, 0.5) is 4.39 Å². The topological polar surface area (TPSA) is 62.5 Å². The maximum absolute atomic E-state index is 13.1. The number of halogens is 1. The Morgan fingerprint density at radius 2 is 1.95 bits per heavy atom. The Balaban J connectivity index is 2.15. The van der Waals surface area contributed by atoms with Crippen LogP contribution < -0.4 is 9.47 Å². The Bertz CT molecular complexity index is 680. The zero-order valence-corrected chi connectivity index (χ0v) is 11.5. The average Bonchev–Trinajstić information content (AvgIpc) is 2.53. The van der Waals surface area contributed by atoms with E-state index in [2.05, 4.69) is 0 Å². The molecule has 0 aliphatic carbocycles. The summed E-state index contributed by atoms with van der Waals surface area (Å²) >= 11 is 0. The second-order valence-electron chi connectivity index (χ2n) is 4.35. The molecule has 4 nitrogen and oxygen atoms in total. The fourth-order valence-corrected chi connectivity index (χ4v) is 1.91. The Labute approximate surface area is 122 Å². The second kappa shape index (κ2) is 6.73. The molecule has 0 spiro atoms. The normalized spacial score (nSPS) is 10.0. The quantitative estimate of drug-likeness (QED) is 0.918. The number of nitriles is 1. The van der Waals surface area contributed by atoms with E-state index in [1.54, 1.807) is 18.2 Å². The predicted octanol–water partition coefficient (Wildman–Crippen LogP) is 2.78. The minimum Gasteiger partial charge on any atom is -0.495 e. The van der Waals surface area contributed by atoms with Crippen LogP contribution in [0.3, 0.4) is 0 Å². The van der Waals surface area contributed by atoms with Gasteiger partial charge in [-0.15, -0.1) is 0 Å². The summed E-state index contributed by atoms with van der Waals surface area (Å²) in [4.78, 5) is 0. The van der Waals surface area contributed by atoms with Crippen molar-refractivity contribution in [1.29, 1.82) is 5.26 Å². The van der Waals surface area contributed by atoms with Crippen LogP contribution in [-0.2, 0) is 13.2 Å². The standard InChI is InChI=1S/C16H14FNO3/c1-20-15-4-2-11(6-12(15)8-18)10-21-16-5-3-14(17)7-13(16)9-19/h2-7,19H,9-10H2,1H3. The van der Waals surface area contributed by atoms with Gasteiger partial charge in [-0.25, -0.2) is 4.39 Å². The van der Waals surface area contributed by atoms with Gasteiger partial charge < -0.3 is 14.6 Å². The fraction of sp³-hybridized carbons (Fsp3) is 0.188. The van der Waals surface area contributed by atoms with Gasteiger partial charge in [-0.05, 0) is 35.9 Å². The van der Waals surface area contributed by atoms with E-state index in [-0.39, 0.29) is 13.2 Å².